The van der Waals surface area contributed by atoms with E-state index in [0.29, 0.717) is 30.6 Å². The first-order valence-electron chi connectivity index (χ1n) is 6.35. The summed E-state index contributed by atoms with van der Waals surface area (Å²) in [6, 6.07) is 4.68. The maximum Gasteiger partial charge on any atom is 0.273 e. The largest absolute Gasteiger partial charge is 0.337 e. The normalized spacial score (nSPS) is 17.7. The van der Waals surface area contributed by atoms with Gasteiger partial charge in [-0.2, -0.15) is 0 Å². The van der Waals surface area contributed by atoms with Crippen molar-refractivity contribution in [2.75, 3.05) is 13.1 Å². The number of halogens is 1. The van der Waals surface area contributed by atoms with Crippen molar-refractivity contribution in [3.8, 4) is 0 Å². The lowest BCUT2D eigenvalue weighted by Gasteiger charge is -2.15. The Bertz CT molecular complexity index is 522. The number of likely N-dealkylation sites (tertiary alicyclic amines) is 1. The number of nitrogens with two attached hydrogens (primary N) is 1. The second-order valence-corrected chi connectivity index (χ2v) is 4.75. The first kappa shape index (κ1) is 16.4. The Balaban J connectivity index is 0.00000200. The predicted octanol–water partition coefficient (Wildman–Crippen LogP) is 1.75. The number of nitrogens with zero attached hydrogens (tertiary/aromatic N) is 2. The third-order valence-corrected chi connectivity index (χ3v) is 3.42. The zero-order valence-corrected chi connectivity index (χ0v) is 12.1. The molecule has 1 saturated heterocycles. The standard InChI is InChI=1S/C13H17N3O3.ClH/c1-2-9-3-4-10(7-12(9)16(18)19)13(17)15-6-5-11(14)8-15;/h3-4,7,11H,2,5-6,8,14H2,1H3;1H/t11-;/m1./s1. The third-order valence-electron chi connectivity index (χ3n) is 3.42. The molecule has 1 fully saturated rings. The molecule has 0 aliphatic carbocycles. The molecule has 7 heteroatoms. The van der Waals surface area contributed by atoms with Crippen LogP contribution in [0.5, 0.6) is 0 Å². The molecule has 1 heterocycles. The number of hydrogen-bond donors (Lipinski definition) is 1. The SMILES string of the molecule is CCc1ccc(C(=O)N2CC[C@@H](N)C2)cc1[N+](=O)[O-].Cl. The van der Waals surface area contributed by atoms with Gasteiger partial charge in [-0.05, 0) is 18.9 Å². The Labute approximate surface area is 123 Å². The molecular weight excluding hydrogens is 282 g/mol. The Morgan fingerprint density at radius 2 is 2.25 bits per heavy atom. The van der Waals surface area contributed by atoms with Gasteiger partial charge in [-0.25, -0.2) is 0 Å². The van der Waals surface area contributed by atoms with Crippen LogP contribution in [-0.4, -0.2) is 34.9 Å². The van der Waals surface area contributed by atoms with Crippen molar-refractivity contribution in [1.82, 2.24) is 4.90 Å². The van der Waals surface area contributed by atoms with Crippen molar-refractivity contribution >= 4 is 24.0 Å². The Morgan fingerprint density at radius 3 is 2.75 bits per heavy atom. The predicted molar refractivity (Wildman–Crippen MR) is 78.2 cm³/mol. The van der Waals surface area contributed by atoms with Crippen molar-refractivity contribution in [1.29, 1.82) is 0 Å². The van der Waals surface area contributed by atoms with Crippen molar-refractivity contribution < 1.29 is 9.72 Å². The van der Waals surface area contributed by atoms with Crippen LogP contribution < -0.4 is 5.73 Å². The lowest BCUT2D eigenvalue weighted by atomic mass is 10.1. The molecule has 2 rings (SSSR count). The van der Waals surface area contributed by atoms with E-state index in [1.807, 2.05) is 6.92 Å². The maximum atomic E-state index is 12.2. The molecule has 0 bridgehead atoms. The zero-order chi connectivity index (χ0) is 14.0. The van der Waals surface area contributed by atoms with E-state index in [2.05, 4.69) is 0 Å². The first-order chi connectivity index (χ1) is 9.02. The molecule has 1 aliphatic rings. The van der Waals surface area contributed by atoms with E-state index in [1.165, 1.54) is 6.07 Å². The van der Waals surface area contributed by atoms with Crippen molar-refractivity contribution in [3.05, 3.63) is 39.4 Å². The van der Waals surface area contributed by atoms with Crippen LogP contribution in [0.15, 0.2) is 18.2 Å². The molecule has 0 saturated carbocycles. The summed E-state index contributed by atoms with van der Waals surface area (Å²) >= 11 is 0. The van der Waals surface area contributed by atoms with E-state index >= 15 is 0 Å². The molecule has 1 aromatic rings. The molecule has 2 N–H and O–H groups in total. The second kappa shape index (κ2) is 6.67. The van der Waals surface area contributed by atoms with Crippen LogP contribution in [0.2, 0.25) is 0 Å². The summed E-state index contributed by atoms with van der Waals surface area (Å²) in [5.41, 5.74) is 6.77. The van der Waals surface area contributed by atoms with Crippen LogP contribution >= 0.6 is 12.4 Å². The molecule has 110 valence electrons. The van der Waals surface area contributed by atoms with E-state index in [0.717, 1.165) is 6.42 Å². The number of carbonyl (C=O) groups excluding carboxylic acids is 1. The minimum absolute atomic E-state index is 0. The van der Waals surface area contributed by atoms with E-state index in [1.54, 1.807) is 17.0 Å². The fraction of sp³-hybridized carbons (Fsp3) is 0.462. The van der Waals surface area contributed by atoms with E-state index < -0.39 is 4.92 Å². The number of hydrogen-bond acceptors (Lipinski definition) is 4. The Hall–Kier alpha value is -1.66. The summed E-state index contributed by atoms with van der Waals surface area (Å²) in [6.45, 7) is 2.98. The number of aryl methyl sites for hydroxylation is 1. The van der Waals surface area contributed by atoms with E-state index in [4.69, 9.17) is 5.73 Å². The fourth-order valence-corrected chi connectivity index (χ4v) is 2.32. The molecule has 0 spiro atoms. The summed E-state index contributed by atoms with van der Waals surface area (Å²) in [7, 11) is 0. The lowest BCUT2D eigenvalue weighted by Crippen LogP contribution is -2.31. The number of amides is 1. The van der Waals surface area contributed by atoms with Gasteiger partial charge in [0.05, 0.1) is 4.92 Å². The monoisotopic (exact) mass is 299 g/mol. The number of carbonyl (C=O) groups is 1. The zero-order valence-electron chi connectivity index (χ0n) is 11.2. The van der Waals surface area contributed by atoms with E-state index in [-0.39, 0.29) is 30.0 Å². The summed E-state index contributed by atoms with van der Waals surface area (Å²) in [5.74, 6) is -0.182. The van der Waals surface area contributed by atoms with Crippen molar-refractivity contribution in [2.45, 2.75) is 25.8 Å². The lowest BCUT2D eigenvalue weighted by molar-refractivity contribution is -0.385. The van der Waals surface area contributed by atoms with Crippen molar-refractivity contribution in [3.63, 3.8) is 0 Å². The van der Waals surface area contributed by atoms with Gasteiger partial charge in [0, 0.05) is 36.3 Å². The molecule has 0 radical (unpaired) electrons. The van der Waals surface area contributed by atoms with Gasteiger partial charge in [0.15, 0.2) is 0 Å². The van der Waals surface area contributed by atoms with Gasteiger partial charge < -0.3 is 10.6 Å². The minimum Gasteiger partial charge on any atom is -0.337 e. The van der Waals surface area contributed by atoms with Crippen LogP contribution in [0.1, 0.15) is 29.3 Å². The number of rotatable bonds is 3. The highest BCUT2D eigenvalue weighted by molar-refractivity contribution is 5.95. The first-order valence-corrected chi connectivity index (χ1v) is 6.35. The molecule has 0 unspecified atom stereocenters. The average Bonchev–Trinajstić information content (AvgIpc) is 2.83. The molecule has 1 aromatic carbocycles. The van der Waals surface area contributed by atoms with Gasteiger partial charge in [0.25, 0.3) is 11.6 Å². The summed E-state index contributed by atoms with van der Waals surface area (Å²) in [4.78, 5) is 24.4. The molecule has 6 nitrogen and oxygen atoms in total. The summed E-state index contributed by atoms with van der Waals surface area (Å²) in [6.07, 6.45) is 1.35. The second-order valence-electron chi connectivity index (χ2n) is 4.75. The van der Waals surface area contributed by atoms with Gasteiger partial charge >= 0.3 is 0 Å². The van der Waals surface area contributed by atoms with Crippen molar-refractivity contribution in [2.24, 2.45) is 5.73 Å². The highest BCUT2D eigenvalue weighted by atomic mass is 35.5. The van der Waals surface area contributed by atoms with Crippen LogP contribution in [-0.2, 0) is 6.42 Å². The highest BCUT2D eigenvalue weighted by Gasteiger charge is 2.26. The third kappa shape index (κ3) is 3.26. The fourth-order valence-electron chi connectivity index (χ4n) is 2.32. The molecule has 1 aliphatic heterocycles. The molecule has 1 atom stereocenters. The molecular formula is C13H18ClN3O3. The quantitative estimate of drug-likeness (QED) is 0.680. The van der Waals surface area contributed by atoms with Crippen LogP contribution in [0.3, 0.4) is 0 Å². The van der Waals surface area contributed by atoms with Crippen LogP contribution in [0, 0.1) is 10.1 Å². The minimum atomic E-state index is -0.439. The van der Waals surface area contributed by atoms with Crippen LogP contribution in [0.25, 0.3) is 0 Å². The molecule has 1 amide bonds. The number of nitro groups is 1. The molecule has 0 aromatic heterocycles. The maximum absolute atomic E-state index is 12.2. The number of nitro benzene ring substituents is 1. The molecule has 20 heavy (non-hydrogen) atoms. The summed E-state index contributed by atoms with van der Waals surface area (Å²) < 4.78 is 0. The van der Waals surface area contributed by atoms with Gasteiger partial charge in [-0.1, -0.05) is 13.0 Å². The van der Waals surface area contributed by atoms with Crippen LogP contribution in [0.4, 0.5) is 5.69 Å². The summed E-state index contributed by atoms with van der Waals surface area (Å²) in [5, 5.41) is 11.0. The van der Waals surface area contributed by atoms with Gasteiger partial charge in [-0.3, -0.25) is 14.9 Å². The van der Waals surface area contributed by atoms with Gasteiger partial charge in [0.1, 0.15) is 0 Å². The smallest absolute Gasteiger partial charge is 0.273 e. The average molecular weight is 300 g/mol. The Kier molecular flexibility index (Phi) is 5.47. The van der Waals surface area contributed by atoms with Gasteiger partial charge in [0.2, 0.25) is 0 Å². The topological polar surface area (TPSA) is 89.5 Å². The van der Waals surface area contributed by atoms with E-state index in [9.17, 15) is 14.9 Å². The van der Waals surface area contributed by atoms with Gasteiger partial charge in [-0.15, -0.1) is 12.4 Å². The Morgan fingerprint density at radius 1 is 1.55 bits per heavy atom. The number of benzene rings is 1. The highest BCUT2D eigenvalue weighted by Crippen LogP contribution is 2.22.